The summed E-state index contributed by atoms with van der Waals surface area (Å²) in [5.41, 5.74) is 30.5. The fourth-order valence-corrected chi connectivity index (χ4v) is 11.6. The lowest BCUT2D eigenvalue weighted by atomic mass is 10.1. The van der Waals surface area contributed by atoms with Crippen LogP contribution in [0, 0.1) is 0 Å². The number of hydrogen-bond donors (Lipinski definition) is 14. The van der Waals surface area contributed by atoms with Crippen LogP contribution in [0.3, 0.4) is 0 Å². The van der Waals surface area contributed by atoms with Gasteiger partial charge in [-0.15, -0.1) is 0 Å². The first-order valence-corrected chi connectivity index (χ1v) is 32.0. The zero-order valence-corrected chi connectivity index (χ0v) is 53.4. The van der Waals surface area contributed by atoms with Gasteiger partial charge in [-0.2, -0.15) is 0 Å². The molecule has 17 atom stereocenters. The summed E-state index contributed by atoms with van der Waals surface area (Å²) in [6.07, 6.45) is 3.37. The number of aliphatic hydroxyl groups excluding tert-OH is 6. The van der Waals surface area contributed by atoms with Crippen molar-refractivity contribution in [3.63, 3.8) is 0 Å². The number of carboxylic acid groups (broad SMARTS) is 3. The molecule has 6 unspecified atom stereocenters. The summed E-state index contributed by atoms with van der Waals surface area (Å²) in [6, 6.07) is -2.36. The van der Waals surface area contributed by atoms with E-state index in [2.05, 4.69) is 84.6 Å². The third-order valence-electron chi connectivity index (χ3n) is 16.4. The molecule has 11 rings (SSSR count). The maximum atomic E-state index is 10.9. The fraction of sp³-hybridized carbons (Fsp3) is 0.667. The van der Waals surface area contributed by atoms with Gasteiger partial charge in [0.25, 0.3) is 0 Å². The number of hydrogen-bond acceptors (Lipinski definition) is 27. The lowest BCUT2D eigenvalue weighted by molar-refractivity contribution is -0.904. The number of nitrogens with two attached hydrogens (primary N) is 3. The van der Waals surface area contributed by atoms with Gasteiger partial charge in [-0.25, -0.2) is 44.9 Å². The number of rotatable bonds is 25. The number of carbonyl (C=O) groups excluding carboxylic acids is 3. The van der Waals surface area contributed by atoms with E-state index in [4.69, 9.17) is 31.4 Å². The molecule has 1 aliphatic carbocycles. The van der Waals surface area contributed by atoms with E-state index in [1.807, 2.05) is 20.8 Å². The quantitative estimate of drug-likeness (QED) is 0.0110. The predicted molar refractivity (Wildman–Crippen MR) is 321 cm³/mol. The molecule has 0 spiro atoms. The zero-order chi connectivity index (χ0) is 66.4. The van der Waals surface area contributed by atoms with Crippen molar-refractivity contribution in [2.45, 2.75) is 157 Å². The Morgan fingerprint density at radius 2 is 0.901 bits per heavy atom. The summed E-state index contributed by atoms with van der Waals surface area (Å²) >= 11 is 2.24. The summed E-state index contributed by atoms with van der Waals surface area (Å²) < 4.78 is 24.0. The minimum absolute atomic E-state index is 0.214. The van der Waals surface area contributed by atoms with Crippen molar-refractivity contribution < 1.29 is 106 Å². The fourth-order valence-electron chi connectivity index (χ4n) is 10.8. The standard InChI is InChI=1S/C17H27N7O5.C16H24IN7O5.C16H23N7O5.C3H6.C2H6/c1-2-4-23(5-3-9(18)17(27)28)6-10-12(25)13(26)16(29-10)24-8-22-11-14(19)20-7-21-15(11)24;17-2-4-23(3-1-8(18)16(27)28)5-9-11(25)12(26)15(29-9)24-7-22-10-13(19)20-6-21-14(10)24;17-8(16(26)27)1-2-23(3-4-23)5-9-11(24)12(25)15(28-9)22-7-21-10-13(18)19-6-20-14(10)22;1-2-3-1;1-2/h7-10,12-13,16,25-26H,2-6,18H2,1H3,(H,27,28)(H2,19,20,21);6-9,11-12,15,25-26H,1-5,18H2,(H,27,28)(H2,19,20,21);6-9,11-12,15,24-25H,1-5,17H2,(H2-,18,19,20,26,27);1-3H2;1-2H3/p+3/t9-,10+,12?,13-,16+;8-,9+,11?,12-,15+;8?,9-,11?,12+,15-;;/m001../s1. The molecule has 10 heterocycles. The number of alkyl halides is 1. The van der Waals surface area contributed by atoms with E-state index < -0.39 is 110 Å². The monoisotopic (exact) mass is 1400 g/mol. The number of aliphatic carboxylic acids is 3. The van der Waals surface area contributed by atoms with E-state index in [0.29, 0.717) is 96.5 Å². The largest absolute Gasteiger partial charge is 0.544 e. The van der Waals surface area contributed by atoms with Crippen LogP contribution in [0.1, 0.15) is 84.4 Å². The van der Waals surface area contributed by atoms with Crippen LogP contribution in [-0.4, -0.2) is 255 Å². The third-order valence-corrected chi connectivity index (χ3v) is 17.0. The number of nitrogens with zero attached hydrogens (tertiary/aromatic N) is 13. The number of imidazole rings is 3. The maximum Gasteiger partial charge on any atom is 0.167 e. The molecule has 0 amide bonds. The van der Waals surface area contributed by atoms with Crippen LogP contribution < -0.4 is 59.5 Å². The molecular weight excluding hydrogens is 1310 g/mol. The molecule has 5 aliphatic rings. The maximum absolute atomic E-state index is 10.9. The van der Waals surface area contributed by atoms with Gasteiger partial charge in [0.1, 0.15) is 141 Å². The van der Waals surface area contributed by atoms with Crippen LogP contribution in [0.25, 0.3) is 33.5 Å². The molecule has 91 heavy (non-hydrogen) atoms. The van der Waals surface area contributed by atoms with E-state index in [1.165, 1.54) is 70.9 Å². The van der Waals surface area contributed by atoms with E-state index in [-0.39, 0.29) is 17.5 Å². The first-order chi connectivity index (χ1) is 43.5. The smallest absolute Gasteiger partial charge is 0.167 e. The Kier molecular flexibility index (Phi) is 26.1. The summed E-state index contributed by atoms with van der Waals surface area (Å²) in [4.78, 5) is 71.4. The van der Waals surface area contributed by atoms with Gasteiger partial charge in [0, 0.05) is 4.43 Å². The number of nitrogen functional groups attached to an aromatic ring is 3. The molecule has 4 saturated heterocycles. The van der Waals surface area contributed by atoms with E-state index in [1.54, 1.807) is 0 Å². The van der Waals surface area contributed by atoms with Gasteiger partial charge >= 0.3 is 0 Å². The molecule has 36 nitrogen and oxygen atoms in total. The highest BCUT2D eigenvalue weighted by Crippen LogP contribution is 2.36. The average Bonchev–Trinajstić information content (AvgIpc) is 1.64. The van der Waals surface area contributed by atoms with Crippen molar-refractivity contribution in [2.75, 3.05) is 87.1 Å². The van der Waals surface area contributed by atoms with Gasteiger partial charge in [-0.05, 0) is 6.42 Å². The van der Waals surface area contributed by atoms with Crippen LogP contribution in [0.2, 0.25) is 0 Å². The van der Waals surface area contributed by atoms with Crippen molar-refractivity contribution in [1.29, 1.82) is 0 Å². The minimum Gasteiger partial charge on any atom is -0.544 e. The number of aliphatic hydroxyl groups is 6. The number of anilines is 3. The number of quaternary nitrogens is 6. The van der Waals surface area contributed by atoms with Crippen molar-refractivity contribution in [3.8, 4) is 0 Å². The second kappa shape index (κ2) is 32.9. The SMILES string of the molecule is C1CC1.CC.CCC[NH+](CC[C@H]([NH3+])C(=O)[O-])C[C@H]1O[C@@H](n2cnc3c(N)ncnc32)[C@@H](O)C1O.Nc1ncnc2c1ncn2[C@@H]1O[C@H](C[N+]2(CCC([NH3+])C(=O)[O-])CC2)C(O)[C@@H]1O.Nc1ncnc2c1ncn2[C@@H]1O[C@H](C[NH+](CCI)CC[C@H]([NH3+])C(=O)[O-])C(O)[C@@H]1O. The number of fused-ring (bicyclic) bond motifs is 3. The Labute approximate surface area is 536 Å². The third kappa shape index (κ3) is 18.0. The zero-order valence-electron chi connectivity index (χ0n) is 51.3. The summed E-state index contributed by atoms with van der Waals surface area (Å²) in [6.45, 7) is 12.2. The molecule has 37 heteroatoms. The second-order valence-corrected chi connectivity index (χ2v) is 24.2. The van der Waals surface area contributed by atoms with Gasteiger partial charge < -0.3 is 123 Å². The van der Waals surface area contributed by atoms with E-state index in [0.717, 1.165) is 46.8 Å². The van der Waals surface area contributed by atoms with Crippen molar-refractivity contribution in [2.24, 2.45) is 0 Å². The first kappa shape index (κ1) is 72.0. The van der Waals surface area contributed by atoms with Crippen molar-refractivity contribution in [1.82, 2.24) is 58.6 Å². The molecular formula is C54H89IN21O15+3. The number of ether oxygens (including phenoxy) is 3. The van der Waals surface area contributed by atoms with E-state index in [9.17, 15) is 60.3 Å². The van der Waals surface area contributed by atoms with Crippen LogP contribution in [0.5, 0.6) is 0 Å². The van der Waals surface area contributed by atoms with Crippen LogP contribution in [-0.2, 0) is 28.6 Å². The van der Waals surface area contributed by atoms with Gasteiger partial charge in [-0.3, -0.25) is 13.7 Å². The van der Waals surface area contributed by atoms with Crippen molar-refractivity contribution in [3.05, 3.63) is 38.0 Å². The molecule has 23 N–H and O–H groups in total. The Balaban J connectivity index is 0.000000186. The summed E-state index contributed by atoms with van der Waals surface area (Å²) in [5.74, 6) is -2.88. The molecule has 6 aromatic rings. The summed E-state index contributed by atoms with van der Waals surface area (Å²) in [7, 11) is 0. The lowest BCUT2D eigenvalue weighted by Gasteiger charge is -2.24. The number of halogens is 1. The predicted octanol–water partition coefficient (Wildman–Crippen LogP) is -12.0. The molecule has 0 radical (unpaired) electrons. The summed E-state index contributed by atoms with van der Waals surface area (Å²) in [5, 5.41) is 95.9. The topological polar surface area (TPSA) is 570 Å². The van der Waals surface area contributed by atoms with Gasteiger partial charge in [0.15, 0.2) is 53.1 Å². The number of nitrogens with one attached hydrogen (secondary N) is 2. The molecule has 5 fully saturated rings. The lowest BCUT2D eigenvalue weighted by Crippen LogP contribution is -3.14. The average molecular weight is 1400 g/mol. The molecule has 0 bridgehead atoms. The normalized spacial score (nSPS) is 27.0. The Morgan fingerprint density at radius 3 is 1.23 bits per heavy atom. The van der Waals surface area contributed by atoms with Gasteiger partial charge in [-0.1, -0.05) is 62.6 Å². The molecule has 4 aliphatic heterocycles. The van der Waals surface area contributed by atoms with Gasteiger partial charge in [0.05, 0.1) is 88.9 Å². The van der Waals surface area contributed by atoms with E-state index >= 15 is 0 Å². The van der Waals surface area contributed by atoms with Crippen LogP contribution in [0.15, 0.2) is 38.0 Å². The minimum atomic E-state index is -1.18. The highest BCUT2D eigenvalue weighted by molar-refractivity contribution is 14.1. The molecule has 1 saturated carbocycles. The number of aromatic nitrogens is 12. The van der Waals surface area contributed by atoms with Crippen molar-refractivity contribution >= 4 is 91.4 Å². The second-order valence-electron chi connectivity index (χ2n) is 23.2. The van der Waals surface area contributed by atoms with Gasteiger partial charge in [0.2, 0.25) is 0 Å². The Hall–Kier alpha value is -6.41. The molecule has 504 valence electrons. The first-order valence-electron chi connectivity index (χ1n) is 30.5. The number of carbonyl (C=O) groups is 3. The molecule has 0 aromatic carbocycles. The number of carboxylic acids is 3. The Bertz CT molecular complexity index is 3170. The highest BCUT2D eigenvalue weighted by Gasteiger charge is 2.53. The van der Waals surface area contributed by atoms with Crippen LogP contribution in [0.4, 0.5) is 17.5 Å². The van der Waals surface area contributed by atoms with Crippen LogP contribution >= 0.6 is 22.6 Å². The Morgan fingerprint density at radius 1 is 0.560 bits per heavy atom. The molecule has 6 aromatic heterocycles. The highest BCUT2D eigenvalue weighted by atomic mass is 127.